The molecule has 2 aromatic heterocycles. The third-order valence-electron chi connectivity index (χ3n) is 9.60. The van der Waals surface area contributed by atoms with E-state index < -0.39 is 5.97 Å². The number of ether oxygens (including phenoxy) is 1. The number of likely N-dealkylation sites (N-methyl/N-ethyl adjacent to an activating group) is 1. The van der Waals surface area contributed by atoms with Gasteiger partial charge in [-0.3, -0.25) is 9.69 Å². The van der Waals surface area contributed by atoms with Gasteiger partial charge in [-0.2, -0.15) is 5.10 Å². The summed E-state index contributed by atoms with van der Waals surface area (Å²) in [4.78, 5) is 35.4. The van der Waals surface area contributed by atoms with Crippen LogP contribution in [0.3, 0.4) is 0 Å². The Balaban J connectivity index is 0.00000110. The summed E-state index contributed by atoms with van der Waals surface area (Å²) in [6, 6.07) is 26.1. The van der Waals surface area contributed by atoms with E-state index in [9.17, 15) is 4.79 Å². The summed E-state index contributed by atoms with van der Waals surface area (Å²) >= 11 is 0. The fourth-order valence-electron chi connectivity index (χ4n) is 6.87. The number of hydrogen-bond acceptors (Lipinski definition) is 9. The normalized spacial score (nSPS) is 17.9. The van der Waals surface area contributed by atoms with Crippen molar-refractivity contribution in [3.8, 4) is 22.8 Å². The number of aromatic nitrogens is 4. The second-order valence-electron chi connectivity index (χ2n) is 13.4. The van der Waals surface area contributed by atoms with E-state index in [0.717, 1.165) is 92.2 Å². The van der Waals surface area contributed by atoms with E-state index in [1.54, 1.807) is 0 Å². The number of carboxylic acid groups (broad SMARTS) is 1. The Morgan fingerprint density at radius 3 is 2.15 bits per heavy atom. The summed E-state index contributed by atoms with van der Waals surface area (Å²) in [5.41, 5.74) is 10.9. The van der Waals surface area contributed by atoms with Gasteiger partial charge in [-0.25, -0.2) is 19.4 Å². The SMILES string of the molecule is CC(=O)O.CN1CCN([C@H]2CC[C@@H](n3nc(-c4ccc(Oc5cccc(CNC(=O)NCc6ccccc6)c5)cc4)c4c(N)ncnc43)CC2)CC1. The molecule has 13 heteroatoms. The van der Waals surface area contributed by atoms with Gasteiger partial charge in [0.15, 0.2) is 5.65 Å². The molecule has 1 aliphatic carbocycles. The van der Waals surface area contributed by atoms with Gasteiger partial charge in [-0.15, -0.1) is 0 Å². The first kappa shape index (κ1) is 36.3. The number of nitrogens with one attached hydrogen (secondary N) is 2. The lowest BCUT2D eigenvalue weighted by Crippen LogP contribution is -2.49. The number of piperazine rings is 1. The highest BCUT2D eigenvalue weighted by molar-refractivity contribution is 5.98. The largest absolute Gasteiger partial charge is 0.481 e. The number of anilines is 1. The molecular weight excluding hydrogens is 658 g/mol. The van der Waals surface area contributed by atoms with Gasteiger partial charge in [0, 0.05) is 57.8 Å². The predicted octanol–water partition coefficient (Wildman–Crippen LogP) is 5.69. The van der Waals surface area contributed by atoms with E-state index >= 15 is 0 Å². The van der Waals surface area contributed by atoms with Crippen LogP contribution in [-0.4, -0.2) is 85.9 Å². The molecule has 5 N–H and O–H groups in total. The third kappa shape index (κ3) is 9.42. The molecule has 13 nitrogen and oxygen atoms in total. The molecule has 52 heavy (non-hydrogen) atoms. The minimum atomic E-state index is -0.833. The topological polar surface area (TPSA) is 164 Å². The predicted molar refractivity (Wildman–Crippen MR) is 201 cm³/mol. The quantitative estimate of drug-likeness (QED) is 0.150. The Morgan fingerprint density at radius 2 is 1.46 bits per heavy atom. The number of aliphatic carboxylic acids is 1. The Kier molecular flexibility index (Phi) is 11.9. The molecule has 0 spiro atoms. The fraction of sp³-hybridized carbons (Fsp3) is 0.359. The second kappa shape index (κ2) is 17.1. The number of nitrogens with zero attached hydrogens (tertiary/aromatic N) is 6. The Hall–Kier alpha value is -5.53. The molecular formula is C39H47N9O4. The molecule has 7 rings (SSSR count). The second-order valence-corrected chi connectivity index (χ2v) is 13.4. The molecule has 3 heterocycles. The Morgan fingerprint density at radius 1 is 0.827 bits per heavy atom. The number of carbonyl (C=O) groups is 2. The molecule has 2 amide bonds. The van der Waals surface area contributed by atoms with Crippen molar-refractivity contribution in [3.05, 3.63) is 96.3 Å². The number of urea groups is 1. The lowest BCUT2D eigenvalue weighted by Gasteiger charge is -2.41. The van der Waals surface area contributed by atoms with E-state index in [1.807, 2.05) is 78.9 Å². The Labute approximate surface area is 303 Å². The van der Waals surface area contributed by atoms with E-state index in [2.05, 4.69) is 42.1 Å². The first-order valence-electron chi connectivity index (χ1n) is 17.8. The Bertz CT molecular complexity index is 1930. The number of rotatable bonds is 9. The number of carbonyl (C=O) groups excluding carboxylic acids is 1. The zero-order chi connectivity index (χ0) is 36.5. The zero-order valence-electron chi connectivity index (χ0n) is 29.7. The molecule has 0 radical (unpaired) electrons. The van der Waals surface area contributed by atoms with Gasteiger partial charge in [0.2, 0.25) is 0 Å². The zero-order valence-corrected chi connectivity index (χ0v) is 29.7. The van der Waals surface area contributed by atoms with E-state index in [0.29, 0.717) is 36.4 Å². The van der Waals surface area contributed by atoms with Crippen molar-refractivity contribution in [2.45, 2.75) is 57.8 Å². The van der Waals surface area contributed by atoms with Crippen LogP contribution in [0.2, 0.25) is 0 Å². The van der Waals surface area contributed by atoms with Crippen molar-refractivity contribution in [2.75, 3.05) is 39.0 Å². The van der Waals surface area contributed by atoms with Crippen LogP contribution in [0, 0.1) is 0 Å². The number of fused-ring (bicyclic) bond motifs is 1. The summed E-state index contributed by atoms with van der Waals surface area (Å²) in [6.07, 6.45) is 5.99. The minimum Gasteiger partial charge on any atom is -0.481 e. The number of nitrogen functional groups attached to an aromatic ring is 1. The van der Waals surface area contributed by atoms with Crippen LogP contribution < -0.4 is 21.1 Å². The molecule has 1 saturated heterocycles. The van der Waals surface area contributed by atoms with Gasteiger partial charge in [-0.1, -0.05) is 42.5 Å². The smallest absolute Gasteiger partial charge is 0.315 e. The molecule has 1 saturated carbocycles. The molecule has 3 aromatic carbocycles. The van der Waals surface area contributed by atoms with Gasteiger partial charge < -0.3 is 31.1 Å². The summed E-state index contributed by atoms with van der Waals surface area (Å²) in [5, 5.41) is 19.1. The van der Waals surface area contributed by atoms with Crippen molar-refractivity contribution < 1.29 is 19.4 Å². The fourth-order valence-corrected chi connectivity index (χ4v) is 6.87. The molecule has 1 aliphatic heterocycles. The van der Waals surface area contributed by atoms with E-state index in [-0.39, 0.29) is 12.1 Å². The third-order valence-corrected chi connectivity index (χ3v) is 9.60. The number of carboxylic acids is 1. The number of benzene rings is 3. The first-order chi connectivity index (χ1) is 25.2. The van der Waals surface area contributed by atoms with Crippen LogP contribution in [0.25, 0.3) is 22.3 Å². The van der Waals surface area contributed by atoms with Gasteiger partial charge in [-0.05, 0) is 80.3 Å². The minimum absolute atomic E-state index is 0.222. The maximum Gasteiger partial charge on any atom is 0.315 e. The highest BCUT2D eigenvalue weighted by atomic mass is 16.5. The summed E-state index contributed by atoms with van der Waals surface area (Å²) in [5.74, 6) is 0.984. The number of amides is 2. The molecule has 2 aliphatic rings. The van der Waals surface area contributed by atoms with Crippen molar-refractivity contribution in [2.24, 2.45) is 0 Å². The maximum absolute atomic E-state index is 12.3. The molecule has 2 fully saturated rings. The van der Waals surface area contributed by atoms with Crippen molar-refractivity contribution >= 4 is 28.9 Å². The lowest BCUT2D eigenvalue weighted by molar-refractivity contribution is -0.134. The lowest BCUT2D eigenvalue weighted by atomic mass is 9.90. The van der Waals surface area contributed by atoms with Crippen molar-refractivity contribution in [1.82, 2.24) is 40.2 Å². The van der Waals surface area contributed by atoms with Gasteiger partial charge in [0.05, 0.1) is 11.4 Å². The molecule has 5 aromatic rings. The van der Waals surface area contributed by atoms with Gasteiger partial charge in [0.1, 0.15) is 29.3 Å². The summed E-state index contributed by atoms with van der Waals surface area (Å²) < 4.78 is 8.28. The summed E-state index contributed by atoms with van der Waals surface area (Å²) in [6.45, 7) is 6.54. The van der Waals surface area contributed by atoms with Crippen LogP contribution in [0.1, 0.15) is 49.8 Å². The molecule has 0 bridgehead atoms. The summed E-state index contributed by atoms with van der Waals surface area (Å²) in [7, 11) is 2.21. The van der Waals surface area contributed by atoms with Crippen molar-refractivity contribution in [1.29, 1.82) is 0 Å². The molecule has 0 unspecified atom stereocenters. The highest BCUT2D eigenvalue weighted by Gasteiger charge is 2.30. The molecule has 0 atom stereocenters. The van der Waals surface area contributed by atoms with Crippen LogP contribution in [-0.2, 0) is 17.9 Å². The molecule has 272 valence electrons. The van der Waals surface area contributed by atoms with E-state index in [4.69, 9.17) is 25.5 Å². The van der Waals surface area contributed by atoms with Gasteiger partial charge >= 0.3 is 6.03 Å². The number of hydrogen-bond donors (Lipinski definition) is 4. The highest BCUT2D eigenvalue weighted by Crippen LogP contribution is 2.37. The van der Waals surface area contributed by atoms with Gasteiger partial charge in [0.25, 0.3) is 5.97 Å². The van der Waals surface area contributed by atoms with Crippen molar-refractivity contribution in [3.63, 3.8) is 0 Å². The maximum atomic E-state index is 12.3. The monoisotopic (exact) mass is 705 g/mol. The first-order valence-corrected chi connectivity index (χ1v) is 17.8. The van der Waals surface area contributed by atoms with Crippen LogP contribution in [0.4, 0.5) is 10.6 Å². The number of nitrogens with two attached hydrogens (primary N) is 1. The van der Waals surface area contributed by atoms with E-state index in [1.165, 1.54) is 6.33 Å². The average Bonchev–Trinajstić information content (AvgIpc) is 3.55. The van der Waals surface area contributed by atoms with Crippen LogP contribution in [0.5, 0.6) is 11.5 Å². The van der Waals surface area contributed by atoms with Crippen LogP contribution in [0.15, 0.2) is 85.2 Å². The van der Waals surface area contributed by atoms with Crippen LogP contribution >= 0.6 is 0 Å². The standard InChI is InChI=1S/C37H43N9O2.C2H4O2/c1-44-18-20-45(21-19-44)29-12-14-30(15-13-29)46-36-33(35(38)41-25-42-36)34(43-46)28-10-16-31(17-11-28)48-32-9-5-8-27(22-32)24-40-37(47)39-23-26-6-3-2-4-7-26;1-2(3)4/h2-11,16-17,22,25,29-30H,12-15,18-21,23-24H2,1H3,(H2,38,41,42)(H2,39,40,47);1H3,(H,3,4)/t29-,30+;. The average molecular weight is 706 g/mol.